The molecule has 2 heterocycles. The van der Waals surface area contributed by atoms with Gasteiger partial charge in [-0.25, -0.2) is 21.2 Å². The monoisotopic (exact) mass is 472 g/mol. The van der Waals surface area contributed by atoms with Crippen LogP contribution in [0, 0.1) is 5.82 Å². The van der Waals surface area contributed by atoms with Crippen LogP contribution in [0.15, 0.2) is 53.4 Å². The predicted octanol–water partition coefficient (Wildman–Crippen LogP) is 2.24. The molecule has 4 rings (SSSR count). The third-order valence-electron chi connectivity index (χ3n) is 5.79. The highest BCUT2D eigenvalue weighted by Crippen LogP contribution is 2.30. The number of rotatable bonds is 4. The van der Waals surface area contributed by atoms with Crippen molar-refractivity contribution in [2.24, 2.45) is 0 Å². The van der Waals surface area contributed by atoms with Crippen molar-refractivity contribution in [2.45, 2.75) is 16.2 Å². The third kappa shape index (κ3) is 4.34. The molecule has 162 valence electrons. The zero-order chi connectivity index (χ0) is 21.5. The fraction of sp³-hybridized carbons (Fsp3) is 0.400. The van der Waals surface area contributed by atoms with Crippen molar-refractivity contribution in [1.82, 2.24) is 4.90 Å². The summed E-state index contributed by atoms with van der Waals surface area (Å²) < 4.78 is 64.4. The van der Waals surface area contributed by atoms with Crippen LogP contribution in [0.5, 0.6) is 0 Å². The second kappa shape index (κ2) is 8.11. The standard InChI is InChI=1S/C20H22ClFN2O4S2/c21-15-1-7-18(8-2-15)30(27,28)20-14-29(25,26)13-19(20)24-11-9-23(10-12-24)17-5-3-16(22)4-6-17/h1-8,19-20H,9-14H2/t19-,20-/m0/s1. The first-order valence-corrected chi connectivity index (χ1v) is 13.3. The minimum absolute atomic E-state index is 0.0870. The van der Waals surface area contributed by atoms with Gasteiger partial charge in [-0.05, 0) is 48.5 Å². The van der Waals surface area contributed by atoms with Crippen LogP contribution in [-0.4, -0.2) is 70.7 Å². The molecule has 0 unspecified atom stereocenters. The van der Waals surface area contributed by atoms with E-state index in [1.165, 1.54) is 36.4 Å². The summed E-state index contributed by atoms with van der Waals surface area (Å²) in [4.78, 5) is 4.13. The van der Waals surface area contributed by atoms with E-state index in [1.54, 1.807) is 12.1 Å². The average Bonchev–Trinajstić information content (AvgIpc) is 3.05. The van der Waals surface area contributed by atoms with Crippen LogP contribution >= 0.6 is 11.6 Å². The molecule has 2 aromatic carbocycles. The van der Waals surface area contributed by atoms with Gasteiger partial charge in [0.25, 0.3) is 0 Å². The number of sulfone groups is 2. The van der Waals surface area contributed by atoms with Crippen LogP contribution in [0.25, 0.3) is 0 Å². The summed E-state index contributed by atoms with van der Waals surface area (Å²) in [5.41, 5.74) is 0.889. The highest BCUT2D eigenvalue weighted by atomic mass is 35.5. The maximum absolute atomic E-state index is 13.2. The fourth-order valence-corrected chi connectivity index (χ4v) is 9.15. The van der Waals surface area contributed by atoms with Gasteiger partial charge in [-0.3, -0.25) is 4.90 Å². The lowest BCUT2D eigenvalue weighted by atomic mass is 10.1. The van der Waals surface area contributed by atoms with E-state index in [2.05, 4.69) is 4.90 Å². The van der Waals surface area contributed by atoms with E-state index in [0.717, 1.165) is 5.69 Å². The van der Waals surface area contributed by atoms with E-state index in [9.17, 15) is 21.2 Å². The number of hydrogen-bond donors (Lipinski definition) is 0. The topological polar surface area (TPSA) is 74.8 Å². The average molecular weight is 473 g/mol. The van der Waals surface area contributed by atoms with E-state index in [1.807, 2.05) is 4.90 Å². The lowest BCUT2D eigenvalue weighted by Gasteiger charge is -2.40. The van der Waals surface area contributed by atoms with E-state index in [-0.39, 0.29) is 22.2 Å². The molecule has 30 heavy (non-hydrogen) atoms. The van der Waals surface area contributed by atoms with Crippen LogP contribution in [0.3, 0.4) is 0 Å². The number of nitrogens with zero attached hydrogens (tertiary/aromatic N) is 2. The first kappa shape index (κ1) is 21.5. The van der Waals surface area contributed by atoms with Gasteiger partial charge in [0.1, 0.15) is 5.82 Å². The molecule has 0 spiro atoms. The Hall–Kier alpha value is -1.68. The zero-order valence-corrected chi connectivity index (χ0v) is 18.5. The van der Waals surface area contributed by atoms with Crippen molar-refractivity contribution < 1.29 is 21.2 Å². The van der Waals surface area contributed by atoms with Crippen molar-refractivity contribution in [3.8, 4) is 0 Å². The van der Waals surface area contributed by atoms with E-state index in [4.69, 9.17) is 11.6 Å². The SMILES string of the molecule is O=S1(=O)C[C@H](N2CCN(c3ccc(F)cc3)CC2)[C@@H](S(=O)(=O)c2ccc(Cl)cc2)C1. The molecule has 2 fully saturated rings. The molecule has 0 saturated carbocycles. The Morgan fingerprint density at radius 3 is 2.10 bits per heavy atom. The summed E-state index contributed by atoms with van der Waals surface area (Å²) in [6.45, 7) is 2.28. The van der Waals surface area contributed by atoms with E-state index in [0.29, 0.717) is 31.2 Å². The summed E-state index contributed by atoms with van der Waals surface area (Å²) in [6, 6.07) is 11.5. The molecule has 2 aliphatic rings. The molecule has 6 nitrogen and oxygen atoms in total. The number of hydrogen-bond acceptors (Lipinski definition) is 6. The molecule has 2 atom stereocenters. The van der Waals surface area contributed by atoms with Gasteiger partial charge in [-0.15, -0.1) is 0 Å². The molecule has 0 N–H and O–H groups in total. The first-order valence-electron chi connectivity index (χ1n) is 9.60. The van der Waals surface area contributed by atoms with Crippen molar-refractivity contribution in [3.63, 3.8) is 0 Å². The predicted molar refractivity (Wildman–Crippen MR) is 115 cm³/mol. The molecule has 2 saturated heterocycles. The maximum Gasteiger partial charge on any atom is 0.183 e. The van der Waals surface area contributed by atoms with Gasteiger partial charge in [0.05, 0.1) is 21.7 Å². The summed E-state index contributed by atoms with van der Waals surface area (Å²) in [5.74, 6) is -0.842. The van der Waals surface area contributed by atoms with Crippen molar-refractivity contribution in [2.75, 3.05) is 42.6 Å². The normalized spacial score (nSPS) is 24.8. The fourth-order valence-electron chi connectivity index (χ4n) is 4.20. The van der Waals surface area contributed by atoms with Crippen LogP contribution in [0.4, 0.5) is 10.1 Å². The maximum atomic E-state index is 13.2. The first-order chi connectivity index (χ1) is 14.2. The molecule has 0 radical (unpaired) electrons. The van der Waals surface area contributed by atoms with Gasteiger partial charge >= 0.3 is 0 Å². The summed E-state index contributed by atoms with van der Waals surface area (Å²) in [7, 11) is -7.30. The lowest BCUT2D eigenvalue weighted by molar-refractivity contribution is 0.201. The molecular weight excluding hydrogens is 451 g/mol. The van der Waals surface area contributed by atoms with Gasteiger partial charge < -0.3 is 4.90 Å². The Morgan fingerprint density at radius 1 is 0.900 bits per heavy atom. The quantitative estimate of drug-likeness (QED) is 0.679. The Balaban J connectivity index is 1.53. The molecule has 2 aliphatic heterocycles. The summed E-state index contributed by atoms with van der Waals surface area (Å²) in [5, 5.41) is -0.595. The highest BCUT2D eigenvalue weighted by molar-refractivity contribution is 7.96. The van der Waals surface area contributed by atoms with Gasteiger partial charge in [-0.2, -0.15) is 0 Å². The van der Waals surface area contributed by atoms with Crippen LogP contribution in [-0.2, 0) is 19.7 Å². The number of halogens is 2. The smallest absolute Gasteiger partial charge is 0.183 e. The number of anilines is 1. The summed E-state index contributed by atoms with van der Waals surface area (Å²) >= 11 is 5.87. The van der Waals surface area contributed by atoms with E-state index >= 15 is 0 Å². The molecule has 10 heteroatoms. The Labute approximate surface area is 181 Å². The molecule has 0 aliphatic carbocycles. The molecule has 2 aromatic rings. The van der Waals surface area contributed by atoms with Gasteiger partial charge in [-0.1, -0.05) is 11.6 Å². The molecule has 0 amide bonds. The second-order valence-electron chi connectivity index (χ2n) is 7.68. The van der Waals surface area contributed by atoms with Crippen molar-refractivity contribution >= 4 is 37.0 Å². The van der Waals surface area contributed by atoms with E-state index < -0.39 is 31.0 Å². The molecular formula is C20H22ClFN2O4S2. The second-order valence-corrected chi connectivity index (χ2v) is 12.4. The van der Waals surface area contributed by atoms with Gasteiger partial charge in [0.15, 0.2) is 19.7 Å². The van der Waals surface area contributed by atoms with Crippen LogP contribution in [0.2, 0.25) is 5.02 Å². The number of benzene rings is 2. The number of piperazine rings is 1. The molecule has 0 bridgehead atoms. The van der Waals surface area contributed by atoms with Crippen molar-refractivity contribution in [1.29, 1.82) is 0 Å². The highest BCUT2D eigenvalue weighted by Gasteiger charge is 2.48. The largest absolute Gasteiger partial charge is 0.369 e. The van der Waals surface area contributed by atoms with Crippen LogP contribution < -0.4 is 4.90 Å². The Morgan fingerprint density at radius 2 is 1.50 bits per heavy atom. The molecule has 0 aromatic heterocycles. The third-order valence-corrected chi connectivity index (χ3v) is 10.2. The lowest BCUT2D eigenvalue weighted by Crippen LogP contribution is -2.55. The minimum atomic E-state index is -3.83. The Kier molecular flexibility index (Phi) is 5.82. The van der Waals surface area contributed by atoms with Gasteiger partial charge in [0, 0.05) is 42.9 Å². The van der Waals surface area contributed by atoms with Gasteiger partial charge in [0.2, 0.25) is 0 Å². The summed E-state index contributed by atoms with van der Waals surface area (Å²) in [6.07, 6.45) is 0. The Bertz CT molecular complexity index is 1110. The zero-order valence-electron chi connectivity index (χ0n) is 16.1. The van der Waals surface area contributed by atoms with Crippen molar-refractivity contribution in [3.05, 3.63) is 59.4 Å². The minimum Gasteiger partial charge on any atom is -0.369 e. The van der Waals surface area contributed by atoms with Crippen LogP contribution in [0.1, 0.15) is 0 Å².